The summed E-state index contributed by atoms with van der Waals surface area (Å²) in [5.74, 6) is 0. The molecule has 1 aromatic rings. The van der Waals surface area contributed by atoms with Gasteiger partial charge < -0.3 is 4.90 Å². The van der Waals surface area contributed by atoms with Crippen LogP contribution in [0.2, 0.25) is 0 Å². The van der Waals surface area contributed by atoms with E-state index >= 15 is 0 Å². The summed E-state index contributed by atoms with van der Waals surface area (Å²) < 4.78 is 38.7. The molecule has 4 heteroatoms. The zero-order valence-electron chi connectivity index (χ0n) is 12.6. The predicted octanol–water partition coefficient (Wildman–Crippen LogP) is 5.71. The van der Waals surface area contributed by atoms with E-state index in [1.807, 2.05) is 35.4 Å². The van der Waals surface area contributed by atoms with Gasteiger partial charge in [-0.15, -0.1) is 0 Å². The average Bonchev–Trinajstić information content (AvgIpc) is 2.52. The van der Waals surface area contributed by atoms with E-state index in [0.29, 0.717) is 12.2 Å². The number of benzene rings is 1. The molecule has 1 aromatic carbocycles. The van der Waals surface area contributed by atoms with E-state index in [9.17, 15) is 13.2 Å². The van der Waals surface area contributed by atoms with Crippen molar-refractivity contribution in [1.29, 1.82) is 0 Å². The first-order chi connectivity index (χ1) is 10.5. The maximum atomic E-state index is 12.9. The second-order valence-electron chi connectivity index (χ2n) is 5.29. The van der Waals surface area contributed by atoms with Crippen LogP contribution < -0.4 is 4.90 Å². The van der Waals surface area contributed by atoms with Gasteiger partial charge in [-0.1, -0.05) is 43.7 Å². The molecule has 0 radical (unpaired) electrons. The third-order valence-corrected chi connectivity index (χ3v) is 3.49. The van der Waals surface area contributed by atoms with Gasteiger partial charge in [0.1, 0.15) is 0 Å². The molecule has 0 fully saturated rings. The predicted molar refractivity (Wildman–Crippen MR) is 84.7 cm³/mol. The lowest BCUT2D eigenvalue weighted by molar-refractivity contribution is -0.137. The standard InChI is InChI=1S/C18H20F3N/c1-2-3-12-22(14-15-8-5-4-6-9-15)17-11-7-10-16(13-17)18(19,20)21/h4-8,10-11,13-14H,2-3,9,12H2,1H3. The van der Waals surface area contributed by atoms with Crippen molar-refractivity contribution in [2.75, 3.05) is 11.4 Å². The molecule has 118 valence electrons. The number of unbranched alkanes of at least 4 members (excludes halogenated alkanes) is 1. The summed E-state index contributed by atoms with van der Waals surface area (Å²) in [5, 5.41) is 0. The highest BCUT2D eigenvalue weighted by Crippen LogP contribution is 2.32. The van der Waals surface area contributed by atoms with Gasteiger partial charge in [0.05, 0.1) is 5.56 Å². The van der Waals surface area contributed by atoms with Crippen LogP contribution in [0.1, 0.15) is 31.7 Å². The number of anilines is 1. The number of hydrogen-bond acceptors (Lipinski definition) is 1. The smallest absolute Gasteiger partial charge is 0.348 e. The van der Waals surface area contributed by atoms with Crippen molar-refractivity contribution in [2.45, 2.75) is 32.4 Å². The van der Waals surface area contributed by atoms with Gasteiger partial charge in [0.2, 0.25) is 0 Å². The quantitative estimate of drug-likeness (QED) is 0.673. The molecule has 1 nitrogen and oxygen atoms in total. The summed E-state index contributed by atoms with van der Waals surface area (Å²) >= 11 is 0. The molecule has 0 atom stereocenters. The van der Waals surface area contributed by atoms with Crippen LogP contribution in [0.4, 0.5) is 18.9 Å². The first kappa shape index (κ1) is 16.4. The molecule has 0 spiro atoms. The largest absolute Gasteiger partial charge is 0.416 e. The average molecular weight is 307 g/mol. The van der Waals surface area contributed by atoms with Crippen LogP contribution in [0.5, 0.6) is 0 Å². The summed E-state index contributed by atoms with van der Waals surface area (Å²) in [4.78, 5) is 1.91. The van der Waals surface area contributed by atoms with Crippen molar-refractivity contribution in [3.05, 3.63) is 65.9 Å². The maximum absolute atomic E-state index is 12.9. The molecule has 0 amide bonds. The van der Waals surface area contributed by atoms with Gasteiger partial charge in [-0.3, -0.25) is 0 Å². The van der Waals surface area contributed by atoms with Crippen LogP contribution in [-0.2, 0) is 6.18 Å². The highest BCUT2D eigenvalue weighted by atomic mass is 19.4. The number of hydrogen-bond donors (Lipinski definition) is 0. The fourth-order valence-corrected chi connectivity index (χ4v) is 2.28. The lowest BCUT2D eigenvalue weighted by atomic mass is 10.1. The SMILES string of the molecule is CCCCN(C=C1C=CC=CC1)c1cccc(C(F)(F)F)c1. The van der Waals surface area contributed by atoms with Crippen molar-refractivity contribution in [1.82, 2.24) is 0 Å². The summed E-state index contributed by atoms with van der Waals surface area (Å²) in [7, 11) is 0. The summed E-state index contributed by atoms with van der Waals surface area (Å²) in [6, 6.07) is 5.52. The summed E-state index contributed by atoms with van der Waals surface area (Å²) in [6.45, 7) is 2.78. The van der Waals surface area contributed by atoms with Gasteiger partial charge in [0.25, 0.3) is 0 Å². The van der Waals surface area contributed by atoms with Crippen molar-refractivity contribution in [2.24, 2.45) is 0 Å². The molecule has 1 aliphatic rings. The van der Waals surface area contributed by atoms with Crippen molar-refractivity contribution in [3.63, 3.8) is 0 Å². The molecule has 0 saturated heterocycles. The van der Waals surface area contributed by atoms with Crippen LogP contribution in [0, 0.1) is 0 Å². The molecule has 0 unspecified atom stereocenters. The van der Waals surface area contributed by atoms with Crippen molar-refractivity contribution >= 4 is 5.69 Å². The molecular weight excluding hydrogens is 287 g/mol. The Morgan fingerprint density at radius 3 is 2.68 bits per heavy atom. The van der Waals surface area contributed by atoms with E-state index in [4.69, 9.17) is 0 Å². The van der Waals surface area contributed by atoms with Crippen LogP contribution in [0.25, 0.3) is 0 Å². The number of allylic oxidation sites excluding steroid dienone is 5. The first-order valence-corrected chi connectivity index (χ1v) is 7.48. The third-order valence-electron chi connectivity index (χ3n) is 3.49. The second kappa shape index (κ2) is 7.34. The zero-order chi connectivity index (χ0) is 16.0. The fraction of sp³-hybridized carbons (Fsp3) is 0.333. The molecule has 0 bridgehead atoms. The Labute approximate surface area is 129 Å². The van der Waals surface area contributed by atoms with Crippen LogP contribution >= 0.6 is 0 Å². The van der Waals surface area contributed by atoms with E-state index in [1.54, 1.807) is 6.07 Å². The van der Waals surface area contributed by atoms with Crippen LogP contribution in [0.3, 0.4) is 0 Å². The van der Waals surface area contributed by atoms with Gasteiger partial charge in [-0.2, -0.15) is 13.2 Å². The highest BCUT2D eigenvalue weighted by molar-refractivity contribution is 5.53. The van der Waals surface area contributed by atoms with E-state index in [1.165, 1.54) is 12.1 Å². The number of nitrogens with zero attached hydrogens (tertiary/aromatic N) is 1. The molecule has 2 rings (SSSR count). The van der Waals surface area contributed by atoms with E-state index in [0.717, 1.165) is 30.9 Å². The molecule has 0 heterocycles. The Balaban J connectivity index is 2.29. The second-order valence-corrected chi connectivity index (χ2v) is 5.29. The lowest BCUT2D eigenvalue weighted by Crippen LogP contribution is -2.19. The van der Waals surface area contributed by atoms with E-state index in [2.05, 4.69) is 6.92 Å². The molecule has 1 aliphatic carbocycles. The van der Waals surface area contributed by atoms with E-state index in [-0.39, 0.29) is 0 Å². The van der Waals surface area contributed by atoms with Gasteiger partial charge in [-0.05, 0) is 36.6 Å². The highest BCUT2D eigenvalue weighted by Gasteiger charge is 2.30. The number of halogens is 3. The Morgan fingerprint density at radius 2 is 2.05 bits per heavy atom. The summed E-state index contributed by atoms with van der Waals surface area (Å²) in [5.41, 5.74) is 1.07. The first-order valence-electron chi connectivity index (χ1n) is 7.48. The minimum Gasteiger partial charge on any atom is -0.348 e. The van der Waals surface area contributed by atoms with Crippen LogP contribution in [0.15, 0.2) is 60.3 Å². The lowest BCUT2D eigenvalue weighted by Gasteiger charge is -2.23. The minimum absolute atomic E-state index is 0.582. The van der Waals surface area contributed by atoms with Gasteiger partial charge in [0.15, 0.2) is 0 Å². The van der Waals surface area contributed by atoms with Gasteiger partial charge >= 0.3 is 6.18 Å². The number of alkyl halides is 3. The fourth-order valence-electron chi connectivity index (χ4n) is 2.28. The molecule has 0 aliphatic heterocycles. The van der Waals surface area contributed by atoms with E-state index < -0.39 is 11.7 Å². The maximum Gasteiger partial charge on any atom is 0.416 e. The Morgan fingerprint density at radius 1 is 1.23 bits per heavy atom. The van der Waals surface area contributed by atoms with Gasteiger partial charge in [-0.25, -0.2) is 0 Å². The molecule has 0 aromatic heterocycles. The van der Waals surface area contributed by atoms with Crippen LogP contribution in [-0.4, -0.2) is 6.54 Å². The topological polar surface area (TPSA) is 3.24 Å². The molecule has 22 heavy (non-hydrogen) atoms. The normalized spacial score (nSPS) is 16.3. The van der Waals surface area contributed by atoms with Gasteiger partial charge in [0, 0.05) is 18.4 Å². The van der Waals surface area contributed by atoms with Crippen molar-refractivity contribution in [3.8, 4) is 0 Å². The minimum atomic E-state index is -4.31. The van der Waals surface area contributed by atoms with Crippen molar-refractivity contribution < 1.29 is 13.2 Å². The Hall–Kier alpha value is -1.97. The zero-order valence-corrected chi connectivity index (χ0v) is 12.6. The Bertz CT molecular complexity index is 582. The third kappa shape index (κ3) is 4.52. The molecule has 0 saturated carbocycles. The summed E-state index contributed by atoms with van der Waals surface area (Å²) in [6.07, 6.45) is 8.31. The number of rotatable bonds is 5. The molecule has 0 N–H and O–H groups in total. The molecular formula is C18H20F3N. The Kier molecular flexibility index (Phi) is 5.47. The monoisotopic (exact) mass is 307 g/mol.